The van der Waals surface area contributed by atoms with Crippen LogP contribution in [0.1, 0.15) is 46.3 Å². The van der Waals surface area contributed by atoms with Crippen LogP contribution in [0.15, 0.2) is 90.3 Å². The Kier molecular flexibility index (Phi) is 6.09. The first-order valence-corrected chi connectivity index (χ1v) is 13.0. The summed E-state index contributed by atoms with van der Waals surface area (Å²) in [4.78, 5) is 57.7. The summed E-state index contributed by atoms with van der Waals surface area (Å²) in [6.45, 7) is 1.56. The van der Waals surface area contributed by atoms with Crippen LogP contribution in [0.5, 0.6) is 0 Å². The number of thiophene rings is 1. The molecular weight excluding hydrogens is 512 g/mol. The van der Waals surface area contributed by atoms with Gasteiger partial charge in [-0.15, -0.1) is 11.3 Å². The summed E-state index contributed by atoms with van der Waals surface area (Å²) >= 11 is 1.29. The molecule has 39 heavy (non-hydrogen) atoms. The van der Waals surface area contributed by atoms with E-state index < -0.39 is 5.97 Å². The van der Waals surface area contributed by atoms with Crippen molar-refractivity contribution in [2.45, 2.75) is 6.92 Å². The summed E-state index contributed by atoms with van der Waals surface area (Å²) in [6.07, 6.45) is 0. The van der Waals surface area contributed by atoms with Crippen LogP contribution in [0.4, 0.5) is 5.69 Å². The monoisotopic (exact) mass is 532 g/mol. The van der Waals surface area contributed by atoms with Gasteiger partial charge in [0, 0.05) is 10.9 Å². The maximum absolute atomic E-state index is 13.2. The highest BCUT2D eigenvalue weighted by Crippen LogP contribution is 2.31. The van der Waals surface area contributed by atoms with Gasteiger partial charge in [-0.05, 0) is 60.8 Å². The Hall–Kier alpha value is -4.95. The first kappa shape index (κ1) is 24.4. The first-order chi connectivity index (χ1) is 18.9. The average molecular weight is 533 g/mol. The van der Waals surface area contributed by atoms with Crippen molar-refractivity contribution in [3.63, 3.8) is 0 Å². The Morgan fingerprint density at radius 1 is 0.872 bits per heavy atom. The molecule has 190 valence electrons. The molecule has 2 aromatic heterocycles. The summed E-state index contributed by atoms with van der Waals surface area (Å²) in [6, 6.07) is 24.3. The summed E-state index contributed by atoms with van der Waals surface area (Å²) in [5.74, 6) is -1.63. The number of ketones is 1. The maximum atomic E-state index is 13.2. The Morgan fingerprint density at radius 3 is 2.26 bits per heavy atom. The van der Waals surface area contributed by atoms with Crippen LogP contribution in [0.2, 0.25) is 0 Å². The third-order valence-electron chi connectivity index (χ3n) is 6.53. The van der Waals surface area contributed by atoms with Crippen LogP contribution in [-0.2, 0) is 4.74 Å². The molecular formula is C31H20N2O5S. The van der Waals surface area contributed by atoms with E-state index in [0.717, 1.165) is 10.5 Å². The molecule has 2 amide bonds. The molecule has 0 atom stereocenters. The number of ether oxygens (including phenoxy) is 1. The fourth-order valence-electron chi connectivity index (χ4n) is 4.58. The van der Waals surface area contributed by atoms with Crippen LogP contribution in [-0.4, -0.2) is 35.2 Å². The Labute approximate surface area is 227 Å². The lowest BCUT2D eigenvalue weighted by Gasteiger charge is -2.15. The number of amides is 2. The van der Waals surface area contributed by atoms with E-state index >= 15 is 0 Å². The Balaban J connectivity index is 1.32. The maximum Gasteiger partial charge on any atom is 0.339 e. The van der Waals surface area contributed by atoms with Gasteiger partial charge in [0.2, 0.25) is 5.78 Å². The van der Waals surface area contributed by atoms with E-state index in [1.54, 1.807) is 72.1 Å². The number of imide groups is 1. The van der Waals surface area contributed by atoms with Crippen molar-refractivity contribution in [2.75, 3.05) is 11.5 Å². The largest absolute Gasteiger partial charge is 0.454 e. The zero-order chi connectivity index (χ0) is 27.1. The minimum atomic E-state index is -0.623. The second kappa shape index (κ2) is 9.74. The number of aryl methyl sites for hydroxylation is 1. The van der Waals surface area contributed by atoms with E-state index in [1.807, 2.05) is 25.1 Å². The lowest BCUT2D eigenvalue weighted by molar-refractivity contribution is 0.0477. The summed E-state index contributed by atoms with van der Waals surface area (Å²) in [5.41, 5.74) is 4.22. The van der Waals surface area contributed by atoms with Gasteiger partial charge in [0.15, 0.2) is 6.61 Å². The predicted octanol–water partition coefficient (Wildman–Crippen LogP) is 6.11. The highest BCUT2D eigenvalue weighted by atomic mass is 32.1. The predicted molar refractivity (Wildman–Crippen MR) is 148 cm³/mol. The first-order valence-electron chi connectivity index (χ1n) is 12.1. The number of carbonyl (C=O) groups excluding carboxylic acids is 4. The molecule has 7 nitrogen and oxygen atoms in total. The molecule has 0 aliphatic carbocycles. The zero-order valence-electron chi connectivity index (χ0n) is 20.7. The second-order valence-electron chi connectivity index (χ2n) is 9.09. The van der Waals surface area contributed by atoms with Crippen molar-refractivity contribution >= 4 is 51.5 Å². The molecule has 5 aromatic rings. The summed E-state index contributed by atoms with van der Waals surface area (Å²) in [7, 11) is 0. The van der Waals surface area contributed by atoms with E-state index in [-0.39, 0.29) is 24.2 Å². The van der Waals surface area contributed by atoms with E-state index in [4.69, 9.17) is 9.72 Å². The number of rotatable bonds is 6. The van der Waals surface area contributed by atoms with Gasteiger partial charge < -0.3 is 4.74 Å². The molecule has 1 aliphatic heterocycles. The van der Waals surface area contributed by atoms with Crippen molar-refractivity contribution in [2.24, 2.45) is 0 Å². The number of benzene rings is 3. The number of Topliss-reactive ketones (excluding diaryl/α,β-unsaturated/α-hetero) is 1. The normalized spacial score (nSPS) is 12.6. The van der Waals surface area contributed by atoms with Crippen LogP contribution < -0.4 is 4.90 Å². The molecule has 6 rings (SSSR count). The van der Waals surface area contributed by atoms with E-state index in [1.165, 1.54) is 11.3 Å². The number of hydrogen-bond acceptors (Lipinski definition) is 7. The van der Waals surface area contributed by atoms with Crippen molar-refractivity contribution in [3.8, 4) is 11.3 Å². The Morgan fingerprint density at radius 2 is 1.59 bits per heavy atom. The smallest absolute Gasteiger partial charge is 0.339 e. The van der Waals surface area contributed by atoms with Gasteiger partial charge >= 0.3 is 5.97 Å². The van der Waals surface area contributed by atoms with Gasteiger partial charge in [0.1, 0.15) is 0 Å². The van der Waals surface area contributed by atoms with Gasteiger partial charge in [-0.1, -0.05) is 42.0 Å². The van der Waals surface area contributed by atoms with Gasteiger partial charge in [-0.3, -0.25) is 14.4 Å². The highest BCUT2D eigenvalue weighted by molar-refractivity contribution is 7.12. The molecule has 0 radical (unpaired) electrons. The molecule has 0 saturated carbocycles. The SMILES string of the molecule is Cc1ccc2nc(-c3ccc(N4C(=O)c5ccccc5C4=O)cc3)cc(C(=O)OCC(=O)c3cccs3)c2c1. The van der Waals surface area contributed by atoms with Gasteiger partial charge in [0.05, 0.1) is 38.5 Å². The lowest BCUT2D eigenvalue weighted by Crippen LogP contribution is -2.29. The quantitative estimate of drug-likeness (QED) is 0.149. The number of fused-ring (bicyclic) bond motifs is 2. The molecule has 3 aromatic carbocycles. The summed E-state index contributed by atoms with van der Waals surface area (Å²) in [5, 5.41) is 2.41. The molecule has 8 heteroatoms. The minimum Gasteiger partial charge on any atom is -0.454 e. The molecule has 0 bridgehead atoms. The van der Waals surface area contributed by atoms with Crippen molar-refractivity contribution < 1.29 is 23.9 Å². The second-order valence-corrected chi connectivity index (χ2v) is 10.0. The van der Waals surface area contributed by atoms with E-state index in [0.29, 0.717) is 49.4 Å². The van der Waals surface area contributed by atoms with E-state index in [9.17, 15) is 19.2 Å². The molecule has 0 saturated heterocycles. The van der Waals surface area contributed by atoms with Crippen LogP contribution in [0.25, 0.3) is 22.2 Å². The molecule has 0 N–H and O–H groups in total. The number of carbonyl (C=O) groups is 4. The van der Waals surface area contributed by atoms with Crippen LogP contribution in [0, 0.1) is 6.92 Å². The Bertz CT molecular complexity index is 1760. The molecule has 0 spiro atoms. The third-order valence-corrected chi connectivity index (χ3v) is 7.44. The molecule has 0 unspecified atom stereocenters. The minimum absolute atomic E-state index is 0.267. The van der Waals surface area contributed by atoms with Gasteiger partial charge in [-0.2, -0.15) is 0 Å². The van der Waals surface area contributed by atoms with Crippen molar-refractivity contribution in [1.29, 1.82) is 0 Å². The zero-order valence-corrected chi connectivity index (χ0v) is 21.5. The average Bonchev–Trinajstić information content (AvgIpc) is 3.58. The van der Waals surface area contributed by atoms with Gasteiger partial charge in [0.25, 0.3) is 11.8 Å². The van der Waals surface area contributed by atoms with Crippen molar-refractivity contribution in [1.82, 2.24) is 4.98 Å². The number of nitrogens with zero attached hydrogens (tertiary/aromatic N) is 2. The lowest BCUT2D eigenvalue weighted by atomic mass is 10.0. The fraction of sp³-hybridized carbons (Fsp3) is 0.0645. The highest BCUT2D eigenvalue weighted by Gasteiger charge is 2.36. The van der Waals surface area contributed by atoms with Crippen LogP contribution >= 0.6 is 11.3 Å². The third kappa shape index (κ3) is 4.41. The number of anilines is 1. The number of hydrogen-bond donors (Lipinski definition) is 0. The number of pyridine rings is 1. The van der Waals surface area contributed by atoms with E-state index in [2.05, 4.69) is 0 Å². The van der Waals surface area contributed by atoms with Crippen LogP contribution in [0.3, 0.4) is 0 Å². The number of aromatic nitrogens is 1. The fourth-order valence-corrected chi connectivity index (χ4v) is 5.23. The van der Waals surface area contributed by atoms with Crippen molar-refractivity contribution in [3.05, 3.63) is 117 Å². The molecule has 0 fully saturated rings. The topological polar surface area (TPSA) is 93.6 Å². The summed E-state index contributed by atoms with van der Waals surface area (Å²) < 4.78 is 5.40. The number of esters is 1. The molecule has 1 aliphatic rings. The standard InChI is InChI=1S/C31H20N2O5S/c1-18-8-13-25-23(15-18)24(31(37)38-17-27(34)28-7-4-14-39-28)16-26(32-25)19-9-11-20(12-10-19)33-29(35)21-5-2-3-6-22(21)30(33)36/h2-16H,17H2,1H3. The van der Waals surface area contributed by atoms with Gasteiger partial charge in [-0.25, -0.2) is 14.7 Å². The molecule has 3 heterocycles.